The molecule has 13 heavy (non-hydrogen) atoms. The van der Waals surface area contributed by atoms with Gasteiger partial charge in [0.2, 0.25) is 0 Å². The second-order valence-corrected chi connectivity index (χ2v) is 3.67. The normalized spacial score (nSPS) is 12.2. The Kier molecular flexibility index (Phi) is 1.60. The number of nitrogens with two attached hydrogens (primary N) is 1. The number of hydrogen-bond donors (Lipinski definition) is 1. The van der Waals surface area contributed by atoms with E-state index in [9.17, 15) is 0 Å². The van der Waals surface area contributed by atoms with Gasteiger partial charge in [0.25, 0.3) is 0 Å². The van der Waals surface area contributed by atoms with Crippen molar-refractivity contribution in [2.75, 3.05) is 0 Å². The van der Waals surface area contributed by atoms with Gasteiger partial charge in [0.15, 0.2) is 5.65 Å². The zero-order valence-electron chi connectivity index (χ0n) is 7.73. The first kappa shape index (κ1) is 8.19. The summed E-state index contributed by atoms with van der Waals surface area (Å²) in [6.45, 7) is 3.91. The smallest absolute Gasteiger partial charge is 0.155 e. The molecule has 0 radical (unpaired) electrons. The zero-order chi connectivity index (χ0) is 9.47. The summed E-state index contributed by atoms with van der Waals surface area (Å²) in [5, 5.41) is 0. The van der Waals surface area contributed by atoms with E-state index in [1.807, 2.05) is 24.4 Å². The van der Waals surface area contributed by atoms with E-state index in [1.54, 1.807) is 18.6 Å². The Morgan fingerprint density at radius 3 is 2.85 bits per heavy atom. The average molecular weight is 176 g/mol. The van der Waals surface area contributed by atoms with Crippen LogP contribution in [0.2, 0.25) is 0 Å². The Labute approximate surface area is 76.4 Å². The molecule has 0 atom stereocenters. The van der Waals surface area contributed by atoms with Gasteiger partial charge in [-0.25, -0.2) is 4.98 Å². The minimum Gasteiger partial charge on any atom is -0.321 e. The van der Waals surface area contributed by atoms with E-state index in [0.29, 0.717) is 0 Å². The van der Waals surface area contributed by atoms with Crippen LogP contribution in [0.25, 0.3) is 5.65 Å². The van der Waals surface area contributed by atoms with Crippen LogP contribution < -0.4 is 5.73 Å². The van der Waals surface area contributed by atoms with Gasteiger partial charge in [-0.3, -0.25) is 9.38 Å². The monoisotopic (exact) mass is 176 g/mol. The molecule has 0 spiro atoms. The molecule has 4 nitrogen and oxygen atoms in total. The highest BCUT2D eigenvalue weighted by Gasteiger charge is 2.18. The summed E-state index contributed by atoms with van der Waals surface area (Å²) in [6.07, 6.45) is 7.10. The van der Waals surface area contributed by atoms with Crippen molar-refractivity contribution in [2.45, 2.75) is 19.4 Å². The van der Waals surface area contributed by atoms with Crippen molar-refractivity contribution in [1.29, 1.82) is 0 Å². The fourth-order valence-electron chi connectivity index (χ4n) is 1.32. The van der Waals surface area contributed by atoms with Gasteiger partial charge < -0.3 is 5.73 Å². The van der Waals surface area contributed by atoms with Gasteiger partial charge in [-0.2, -0.15) is 0 Å². The van der Waals surface area contributed by atoms with Crippen molar-refractivity contribution >= 4 is 5.65 Å². The van der Waals surface area contributed by atoms with Gasteiger partial charge in [0.1, 0.15) is 0 Å². The lowest BCUT2D eigenvalue weighted by Gasteiger charge is -2.17. The molecule has 0 fully saturated rings. The maximum Gasteiger partial charge on any atom is 0.155 e. The van der Waals surface area contributed by atoms with Crippen LogP contribution in [0.4, 0.5) is 0 Å². The van der Waals surface area contributed by atoms with Crippen molar-refractivity contribution < 1.29 is 0 Å². The summed E-state index contributed by atoms with van der Waals surface area (Å²) in [5.74, 6) is 0. The summed E-state index contributed by atoms with van der Waals surface area (Å²) >= 11 is 0. The van der Waals surface area contributed by atoms with Gasteiger partial charge in [0.05, 0.1) is 23.6 Å². The molecule has 0 aliphatic carbocycles. The molecule has 4 heteroatoms. The number of rotatable bonds is 1. The molecule has 2 aromatic rings. The predicted octanol–water partition coefficient (Wildman–Crippen LogP) is 0.923. The zero-order valence-corrected chi connectivity index (χ0v) is 7.73. The Bertz CT molecular complexity index is 424. The van der Waals surface area contributed by atoms with Crippen LogP contribution in [0.3, 0.4) is 0 Å². The van der Waals surface area contributed by atoms with E-state index in [1.165, 1.54) is 0 Å². The fraction of sp³-hybridized carbons (Fsp3) is 0.333. The van der Waals surface area contributed by atoms with E-state index >= 15 is 0 Å². The van der Waals surface area contributed by atoms with Crippen molar-refractivity contribution in [3.8, 4) is 0 Å². The number of nitrogens with zero attached hydrogens (tertiary/aromatic N) is 3. The van der Waals surface area contributed by atoms with Crippen molar-refractivity contribution in [3.05, 3.63) is 30.5 Å². The first-order valence-electron chi connectivity index (χ1n) is 4.15. The first-order chi connectivity index (χ1) is 6.09. The third kappa shape index (κ3) is 1.29. The maximum absolute atomic E-state index is 5.99. The lowest BCUT2D eigenvalue weighted by atomic mass is 10.0. The van der Waals surface area contributed by atoms with Gasteiger partial charge in [-0.1, -0.05) is 0 Å². The quantitative estimate of drug-likeness (QED) is 0.703. The highest BCUT2D eigenvalue weighted by atomic mass is 15.0. The number of hydrogen-bond acceptors (Lipinski definition) is 3. The van der Waals surface area contributed by atoms with E-state index in [4.69, 9.17) is 5.73 Å². The lowest BCUT2D eigenvalue weighted by Crippen LogP contribution is -2.30. The summed E-state index contributed by atoms with van der Waals surface area (Å²) < 4.78 is 1.95. The summed E-state index contributed by atoms with van der Waals surface area (Å²) in [5.41, 5.74) is 7.43. The molecule has 2 aromatic heterocycles. The minimum absolute atomic E-state index is 0.374. The molecular formula is C9H12N4. The van der Waals surface area contributed by atoms with Crippen LogP contribution in [0.1, 0.15) is 19.5 Å². The largest absolute Gasteiger partial charge is 0.321 e. The van der Waals surface area contributed by atoms with Crippen molar-refractivity contribution in [2.24, 2.45) is 5.73 Å². The topological polar surface area (TPSA) is 56.2 Å². The number of fused-ring (bicyclic) bond motifs is 1. The van der Waals surface area contributed by atoms with Crippen LogP contribution in [0, 0.1) is 0 Å². The fourth-order valence-corrected chi connectivity index (χ4v) is 1.32. The molecule has 2 rings (SSSR count). The molecule has 0 bridgehead atoms. The minimum atomic E-state index is -0.374. The Morgan fingerprint density at radius 2 is 2.15 bits per heavy atom. The van der Waals surface area contributed by atoms with Crippen molar-refractivity contribution in [1.82, 2.24) is 14.4 Å². The van der Waals surface area contributed by atoms with Crippen molar-refractivity contribution in [3.63, 3.8) is 0 Å². The molecule has 0 saturated heterocycles. The number of imidazole rings is 1. The second-order valence-electron chi connectivity index (χ2n) is 3.67. The van der Waals surface area contributed by atoms with E-state index in [0.717, 1.165) is 11.3 Å². The van der Waals surface area contributed by atoms with E-state index in [2.05, 4.69) is 9.97 Å². The second kappa shape index (κ2) is 2.53. The molecule has 0 aliphatic heterocycles. The van der Waals surface area contributed by atoms with Crippen LogP contribution in [0.15, 0.2) is 24.8 Å². The Morgan fingerprint density at radius 1 is 1.38 bits per heavy atom. The molecule has 2 heterocycles. The average Bonchev–Trinajstić information content (AvgIpc) is 2.45. The lowest BCUT2D eigenvalue weighted by molar-refractivity contribution is 0.530. The summed E-state index contributed by atoms with van der Waals surface area (Å²) in [4.78, 5) is 8.19. The maximum atomic E-state index is 5.99. The third-order valence-electron chi connectivity index (χ3n) is 1.98. The Balaban J connectivity index is 2.72. The molecular weight excluding hydrogens is 164 g/mol. The molecule has 0 amide bonds. The third-order valence-corrected chi connectivity index (χ3v) is 1.98. The first-order valence-corrected chi connectivity index (χ1v) is 4.15. The predicted molar refractivity (Wildman–Crippen MR) is 50.2 cm³/mol. The summed E-state index contributed by atoms with van der Waals surface area (Å²) in [6, 6.07) is 0. The van der Waals surface area contributed by atoms with Gasteiger partial charge in [-0.15, -0.1) is 0 Å². The van der Waals surface area contributed by atoms with Gasteiger partial charge in [0, 0.05) is 12.4 Å². The van der Waals surface area contributed by atoms with E-state index in [-0.39, 0.29) is 5.54 Å². The van der Waals surface area contributed by atoms with Crippen LogP contribution >= 0.6 is 0 Å². The SMILES string of the molecule is CC(C)(N)c1cnc2cnccn12. The summed E-state index contributed by atoms with van der Waals surface area (Å²) in [7, 11) is 0. The number of aromatic nitrogens is 3. The molecule has 0 saturated carbocycles. The highest BCUT2D eigenvalue weighted by Crippen LogP contribution is 2.17. The molecule has 0 unspecified atom stereocenters. The highest BCUT2D eigenvalue weighted by molar-refractivity contribution is 5.38. The molecule has 68 valence electrons. The molecule has 2 N–H and O–H groups in total. The van der Waals surface area contributed by atoms with Crippen LogP contribution in [0.5, 0.6) is 0 Å². The Hall–Kier alpha value is -1.42. The van der Waals surface area contributed by atoms with Gasteiger partial charge >= 0.3 is 0 Å². The van der Waals surface area contributed by atoms with E-state index < -0.39 is 0 Å². The molecule has 0 aliphatic rings. The van der Waals surface area contributed by atoms with Crippen LogP contribution in [-0.2, 0) is 5.54 Å². The molecule has 0 aromatic carbocycles. The standard InChI is InChI=1S/C9H12N4/c1-9(2,10)7-5-12-8-6-11-3-4-13(7)8/h3-6H,10H2,1-2H3. The van der Waals surface area contributed by atoms with Crippen LogP contribution in [-0.4, -0.2) is 14.4 Å². The van der Waals surface area contributed by atoms with Gasteiger partial charge in [-0.05, 0) is 13.8 Å².